The number of hydrogen-bond acceptors (Lipinski definition) is 2. The van der Waals surface area contributed by atoms with Crippen molar-refractivity contribution in [3.8, 4) is 0 Å². The van der Waals surface area contributed by atoms with Gasteiger partial charge >= 0.3 is 0 Å². The number of halogens is 1. The standard InChI is InChI=1S/C9H8FNO2/c10-8-4-2-1-3-7(8)5-6-9(12)11-13/h1-6,13H,(H,11,12). The lowest BCUT2D eigenvalue weighted by atomic mass is 10.2. The summed E-state index contributed by atoms with van der Waals surface area (Å²) in [6.07, 6.45) is 2.32. The van der Waals surface area contributed by atoms with Gasteiger partial charge in [-0.25, -0.2) is 9.87 Å². The van der Waals surface area contributed by atoms with E-state index in [9.17, 15) is 9.18 Å². The van der Waals surface area contributed by atoms with Crippen LogP contribution >= 0.6 is 0 Å². The van der Waals surface area contributed by atoms with Gasteiger partial charge in [-0.2, -0.15) is 0 Å². The number of hydrogen-bond donors (Lipinski definition) is 2. The highest BCUT2D eigenvalue weighted by Crippen LogP contribution is 2.07. The van der Waals surface area contributed by atoms with Crippen molar-refractivity contribution in [2.24, 2.45) is 0 Å². The summed E-state index contributed by atoms with van der Waals surface area (Å²) >= 11 is 0. The highest BCUT2D eigenvalue weighted by atomic mass is 19.1. The van der Waals surface area contributed by atoms with Crippen molar-refractivity contribution in [2.45, 2.75) is 0 Å². The second-order valence-electron chi connectivity index (χ2n) is 2.33. The van der Waals surface area contributed by atoms with E-state index in [-0.39, 0.29) is 0 Å². The Morgan fingerprint density at radius 2 is 2.15 bits per heavy atom. The number of hydroxylamine groups is 1. The van der Waals surface area contributed by atoms with Crippen LogP contribution in [0.5, 0.6) is 0 Å². The van der Waals surface area contributed by atoms with Gasteiger partial charge in [0.2, 0.25) is 0 Å². The molecule has 0 heterocycles. The molecule has 0 fully saturated rings. The van der Waals surface area contributed by atoms with Gasteiger partial charge in [-0.1, -0.05) is 18.2 Å². The first-order valence-corrected chi connectivity index (χ1v) is 3.60. The van der Waals surface area contributed by atoms with Gasteiger partial charge in [0.25, 0.3) is 5.91 Å². The molecule has 0 spiro atoms. The molecule has 0 aliphatic heterocycles. The van der Waals surface area contributed by atoms with E-state index in [1.54, 1.807) is 12.1 Å². The van der Waals surface area contributed by atoms with Crippen LogP contribution in [0.15, 0.2) is 30.3 Å². The Kier molecular flexibility index (Phi) is 3.16. The lowest BCUT2D eigenvalue weighted by molar-refractivity contribution is -0.124. The fourth-order valence-electron chi connectivity index (χ4n) is 0.813. The predicted molar refractivity (Wildman–Crippen MR) is 45.4 cm³/mol. The molecular weight excluding hydrogens is 173 g/mol. The molecule has 0 aliphatic rings. The second kappa shape index (κ2) is 4.37. The number of benzene rings is 1. The van der Waals surface area contributed by atoms with E-state index in [1.165, 1.54) is 23.7 Å². The molecule has 13 heavy (non-hydrogen) atoms. The third-order valence-corrected chi connectivity index (χ3v) is 1.43. The molecule has 3 nitrogen and oxygen atoms in total. The maximum Gasteiger partial charge on any atom is 0.267 e. The molecule has 1 amide bonds. The predicted octanol–water partition coefficient (Wildman–Crippen LogP) is 1.34. The smallest absolute Gasteiger partial charge is 0.267 e. The van der Waals surface area contributed by atoms with Crippen LogP contribution in [0.3, 0.4) is 0 Å². The van der Waals surface area contributed by atoms with Crippen molar-refractivity contribution in [3.05, 3.63) is 41.7 Å². The molecule has 0 saturated heterocycles. The minimum Gasteiger partial charge on any atom is -0.288 e. The van der Waals surface area contributed by atoms with Gasteiger partial charge in [-0.3, -0.25) is 10.0 Å². The SMILES string of the molecule is O=C(C=Cc1ccccc1F)NO. The van der Waals surface area contributed by atoms with Crippen LogP contribution in [-0.2, 0) is 4.79 Å². The molecule has 4 heteroatoms. The van der Waals surface area contributed by atoms with Gasteiger partial charge in [0.15, 0.2) is 0 Å². The Morgan fingerprint density at radius 1 is 1.46 bits per heavy atom. The Labute approximate surface area is 74.5 Å². The monoisotopic (exact) mass is 181 g/mol. The highest BCUT2D eigenvalue weighted by molar-refractivity contribution is 5.90. The number of rotatable bonds is 2. The third kappa shape index (κ3) is 2.68. The van der Waals surface area contributed by atoms with E-state index >= 15 is 0 Å². The van der Waals surface area contributed by atoms with Gasteiger partial charge in [-0.15, -0.1) is 0 Å². The molecule has 1 aromatic carbocycles. The van der Waals surface area contributed by atoms with E-state index in [2.05, 4.69) is 0 Å². The summed E-state index contributed by atoms with van der Waals surface area (Å²) < 4.78 is 12.9. The zero-order valence-electron chi connectivity index (χ0n) is 6.70. The number of carbonyl (C=O) groups excluding carboxylic acids is 1. The highest BCUT2D eigenvalue weighted by Gasteiger charge is 1.96. The van der Waals surface area contributed by atoms with Crippen molar-refractivity contribution in [1.29, 1.82) is 0 Å². The van der Waals surface area contributed by atoms with Crippen molar-refractivity contribution >= 4 is 12.0 Å². The first kappa shape index (κ1) is 9.41. The minimum atomic E-state index is -0.691. The summed E-state index contributed by atoms with van der Waals surface area (Å²) in [5, 5.41) is 8.14. The van der Waals surface area contributed by atoms with Crippen molar-refractivity contribution < 1.29 is 14.4 Å². The van der Waals surface area contributed by atoms with Gasteiger partial charge in [0.05, 0.1) is 0 Å². The van der Waals surface area contributed by atoms with E-state index < -0.39 is 11.7 Å². The van der Waals surface area contributed by atoms with Crippen molar-refractivity contribution in [3.63, 3.8) is 0 Å². The van der Waals surface area contributed by atoms with Crippen LogP contribution < -0.4 is 5.48 Å². The maximum atomic E-state index is 12.9. The van der Waals surface area contributed by atoms with Crippen LogP contribution in [0.2, 0.25) is 0 Å². The Morgan fingerprint density at radius 3 is 2.77 bits per heavy atom. The Balaban J connectivity index is 2.80. The van der Waals surface area contributed by atoms with Gasteiger partial charge in [0, 0.05) is 11.6 Å². The molecule has 0 saturated carbocycles. The van der Waals surface area contributed by atoms with E-state index in [1.807, 2.05) is 0 Å². The summed E-state index contributed by atoms with van der Waals surface area (Å²) in [6, 6.07) is 6.02. The molecule has 2 N–H and O–H groups in total. The molecule has 1 rings (SSSR count). The molecular formula is C9H8FNO2. The molecule has 0 atom stereocenters. The average molecular weight is 181 g/mol. The molecule has 0 aliphatic carbocycles. The van der Waals surface area contributed by atoms with Gasteiger partial charge in [-0.05, 0) is 12.1 Å². The van der Waals surface area contributed by atoms with Crippen LogP contribution in [0.25, 0.3) is 6.08 Å². The molecule has 1 aromatic rings. The summed E-state index contributed by atoms with van der Waals surface area (Å²) in [7, 11) is 0. The fourth-order valence-corrected chi connectivity index (χ4v) is 0.813. The van der Waals surface area contributed by atoms with Crippen LogP contribution in [-0.4, -0.2) is 11.1 Å². The number of nitrogens with one attached hydrogen (secondary N) is 1. The zero-order valence-corrected chi connectivity index (χ0v) is 6.70. The molecule has 0 radical (unpaired) electrons. The van der Waals surface area contributed by atoms with E-state index in [4.69, 9.17) is 5.21 Å². The lowest BCUT2D eigenvalue weighted by Gasteiger charge is -1.94. The van der Waals surface area contributed by atoms with Crippen LogP contribution in [0, 0.1) is 5.82 Å². The van der Waals surface area contributed by atoms with Crippen molar-refractivity contribution in [2.75, 3.05) is 0 Å². The first-order valence-electron chi connectivity index (χ1n) is 3.60. The Hall–Kier alpha value is -1.68. The normalized spacial score (nSPS) is 10.3. The van der Waals surface area contributed by atoms with Gasteiger partial charge in [0.1, 0.15) is 5.82 Å². The first-order chi connectivity index (χ1) is 6.24. The largest absolute Gasteiger partial charge is 0.288 e. The molecule has 68 valence electrons. The molecule has 0 unspecified atom stereocenters. The number of carbonyl (C=O) groups is 1. The van der Waals surface area contributed by atoms with Crippen LogP contribution in [0.4, 0.5) is 4.39 Å². The quantitative estimate of drug-likeness (QED) is 0.411. The molecule has 0 aromatic heterocycles. The average Bonchev–Trinajstić information content (AvgIpc) is 2.16. The molecule has 0 bridgehead atoms. The summed E-state index contributed by atoms with van der Waals surface area (Å²) in [5.41, 5.74) is 1.70. The van der Waals surface area contributed by atoms with E-state index in [0.717, 1.165) is 6.08 Å². The Bertz CT molecular complexity index is 336. The summed E-state index contributed by atoms with van der Waals surface area (Å²) in [5.74, 6) is -1.10. The maximum absolute atomic E-state index is 12.9. The summed E-state index contributed by atoms with van der Waals surface area (Å²) in [6.45, 7) is 0. The lowest BCUT2D eigenvalue weighted by Crippen LogP contribution is -2.14. The fraction of sp³-hybridized carbons (Fsp3) is 0. The van der Waals surface area contributed by atoms with Crippen molar-refractivity contribution in [1.82, 2.24) is 5.48 Å². The van der Waals surface area contributed by atoms with Crippen LogP contribution in [0.1, 0.15) is 5.56 Å². The topological polar surface area (TPSA) is 49.3 Å². The van der Waals surface area contributed by atoms with E-state index in [0.29, 0.717) is 5.56 Å². The minimum absolute atomic E-state index is 0.297. The third-order valence-electron chi connectivity index (χ3n) is 1.43. The number of amides is 1. The second-order valence-corrected chi connectivity index (χ2v) is 2.33. The summed E-state index contributed by atoms with van der Waals surface area (Å²) in [4.78, 5) is 10.5. The van der Waals surface area contributed by atoms with Gasteiger partial charge < -0.3 is 0 Å². The zero-order chi connectivity index (χ0) is 9.68.